The van der Waals surface area contributed by atoms with Crippen molar-refractivity contribution in [3.8, 4) is 0 Å². The quantitative estimate of drug-likeness (QED) is 0.862. The number of halogens is 1. The lowest BCUT2D eigenvalue weighted by Gasteiger charge is -2.24. The zero-order valence-corrected chi connectivity index (χ0v) is 10.5. The van der Waals surface area contributed by atoms with Gasteiger partial charge in [0.25, 0.3) is 0 Å². The number of nitrogens with zero attached hydrogens (tertiary/aromatic N) is 3. The number of hydrogen-bond acceptors (Lipinski definition) is 4. The Kier molecular flexibility index (Phi) is 3.27. The third-order valence-corrected chi connectivity index (χ3v) is 3.93. The van der Waals surface area contributed by atoms with E-state index < -0.39 is 0 Å². The van der Waals surface area contributed by atoms with Crippen LogP contribution in [0.5, 0.6) is 0 Å². The van der Waals surface area contributed by atoms with Crippen LogP contribution in [-0.2, 0) is 6.54 Å². The molecule has 1 aromatic rings. The number of piperidine rings is 1. The highest BCUT2D eigenvalue weighted by Gasteiger charge is 2.33. The summed E-state index contributed by atoms with van der Waals surface area (Å²) in [5.74, 6) is 0.823. The number of likely N-dealkylation sites (tertiary alicyclic amines) is 1. The molecule has 17 heavy (non-hydrogen) atoms. The molecule has 3 heterocycles. The summed E-state index contributed by atoms with van der Waals surface area (Å²) in [4.78, 5) is 10.8. The van der Waals surface area contributed by atoms with E-state index in [0.29, 0.717) is 11.2 Å². The molecule has 0 spiro atoms. The molecule has 0 saturated carbocycles. The van der Waals surface area contributed by atoms with Gasteiger partial charge in [0.1, 0.15) is 5.15 Å². The van der Waals surface area contributed by atoms with Crippen LogP contribution in [0.4, 0.5) is 0 Å². The van der Waals surface area contributed by atoms with Gasteiger partial charge in [0, 0.05) is 25.7 Å². The standard InChI is InChI=1S/C12H17ClN4/c13-12-5-15-10(4-16-12)7-17-6-9-2-1-3-14-11(9)8-17/h4-5,9,11,14H,1-3,6-8H2/t9-,11+/m0/s1. The van der Waals surface area contributed by atoms with E-state index in [1.807, 2.05) is 0 Å². The number of rotatable bonds is 2. The highest BCUT2D eigenvalue weighted by atomic mass is 35.5. The fraction of sp³-hybridized carbons (Fsp3) is 0.667. The van der Waals surface area contributed by atoms with Crippen LogP contribution in [0.2, 0.25) is 5.15 Å². The molecule has 4 nitrogen and oxygen atoms in total. The van der Waals surface area contributed by atoms with Crippen LogP contribution < -0.4 is 5.32 Å². The Balaban J connectivity index is 1.61. The minimum Gasteiger partial charge on any atom is -0.312 e. The monoisotopic (exact) mass is 252 g/mol. The molecule has 0 unspecified atom stereocenters. The average molecular weight is 253 g/mol. The summed E-state index contributed by atoms with van der Waals surface area (Å²) < 4.78 is 0. The third kappa shape index (κ3) is 2.59. The minimum atomic E-state index is 0.463. The lowest BCUT2D eigenvalue weighted by atomic mass is 9.94. The molecule has 92 valence electrons. The lowest BCUT2D eigenvalue weighted by molar-refractivity contribution is 0.309. The largest absolute Gasteiger partial charge is 0.312 e. The first-order valence-electron chi connectivity index (χ1n) is 6.23. The minimum absolute atomic E-state index is 0.463. The first-order chi connectivity index (χ1) is 8.31. The number of nitrogens with one attached hydrogen (secondary N) is 1. The van der Waals surface area contributed by atoms with Crippen molar-refractivity contribution >= 4 is 11.6 Å². The summed E-state index contributed by atoms with van der Waals surface area (Å²) >= 11 is 5.73. The maximum absolute atomic E-state index is 5.73. The van der Waals surface area contributed by atoms with E-state index in [-0.39, 0.29) is 0 Å². The maximum Gasteiger partial charge on any atom is 0.147 e. The van der Waals surface area contributed by atoms with Crippen molar-refractivity contribution in [1.29, 1.82) is 0 Å². The number of fused-ring (bicyclic) bond motifs is 1. The van der Waals surface area contributed by atoms with Crippen molar-refractivity contribution in [2.24, 2.45) is 5.92 Å². The molecule has 0 bridgehead atoms. The summed E-state index contributed by atoms with van der Waals surface area (Å²) in [6, 6.07) is 0.684. The van der Waals surface area contributed by atoms with E-state index in [9.17, 15) is 0 Å². The molecule has 2 saturated heterocycles. The first-order valence-corrected chi connectivity index (χ1v) is 6.61. The SMILES string of the molecule is Clc1cnc(CN2C[C@@H]3CCCN[C@@H]3C2)cn1. The van der Waals surface area contributed by atoms with Crippen molar-refractivity contribution in [2.75, 3.05) is 19.6 Å². The number of hydrogen-bond donors (Lipinski definition) is 1. The summed E-state index contributed by atoms with van der Waals surface area (Å²) in [5, 5.41) is 4.07. The van der Waals surface area contributed by atoms with Gasteiger partial charge in [0.05, 0.1) is 18.1 Å². The molecule has 1 aromatic heterocycles. The van der Waals surface area contributed by atoms with Gasteiger partial charge in [-0.2, -0.15) is 0 Å². The predicted octanol–water partition coefficient (Wildman–Crippen LogP) is 1.31. The zero-order valence-electron chi connectivity index (χ0n) is 9.77. The molecule has 2 aliphatic rings. The molecule has 0 aliphatic carbocycles. The van der Waals surface area contributed by atoms with Gasteiger partial charge < -0.3 is 5.32 Å². The van der Waals surface area contributed by atoms with Gasteiger partial charge >= 0.3 is 0 Å². The van der Waals surface area contributed by atoms with E-state index in [4.69, 9.17) is 11.6 Å². The zero-order chi connectivity index (χ0) is 11.7. The van der Waals surface area contributed by atoms with E-state index >= 15 is 0 Å². The summed E-state index contributed by atoms with van der Waals surface area (Å²) in [5.41, 5.74) is 1.01. The van der Waals surface area contributed by atoms with Crippen LogP contribution in [0, 0.1) is 5.92 Å². The van der Waals surface area contributed by atoms with Crippen molar-refractivity contribution in [2.45, 2.75) is 25.4 Å². The Bertz CT molecular complexity index is 367. The second-order valence-electron chi connectivity index (χ2n) is 4.99. The van der Waals surface area contributed by atoms with Crippen molar-refractivity contribution < 1.29 is 0 Å². The van der Waals surface area contributed by atoms with Gasteiger partial charge in [-0.05, 0) is 25.3 Å². The topological polar surface area (TPSA) is 41.1 Å². The molecular weight excluding hydrogens is 236 g/mol. The Morgan fingerprint density at radius 2 is 2.29 bits per heavy atom. The molecular formula is C12H17ClN4. The molecule has 2 aliphatic heterocycles. The van der Waals surface area contributed by atoms with Crippen LogP contribution in [0.15, 0.2) is 12.4 Å². The molecule has 3 rings (SSSR count). The molecule has 0 aromatic carbocycles. The van der Waals surface area contributed by atoms with Gasteiger partial charge in [-0.25, -0.2) is 4.98 Å². The van der Waals surface area contributed by atoms with Gasteiger partial charge in [-0.15, -0.1) is 0 Å². The smallest absolute Gasteiger partial charge is 0.147 e. The fourth-order valence-corrected chi connectivity index (χ4v) is 3.01. The Labute approximate surface area is 106 Å². The van der Waals surface area contributed by atoms with E-state index in [1.54, 1.807) is 12.4 Å². The van der Waals surface area contributed by atoms with Crippen molar-refractivity contribution in [3.63, 3.8) is 0 Å². The van der Waals surface area contributed by atoms with E-state index in [1.165, 1.54) is 25.9 Å². The van der Waals surface area contributed by atoms with E-state index in [2.05, 4.69) is 20.2 Å². The van der Waals surface area contributed by atoms with Crippen molar-refractivity contribution in [1.82, 2.24) is 20.2 Å². The summed E-state index contributed by atoms with van der Waals surface area (Å²) in [7, 11) is 0. The second-order valence-corrected chi connectivity index (χ2v) is 5.37. The van der Waals surface area contributed by atoms with Gasteiger partial charge in [-0.3, -0.25) is 9.88 Å². The maximum atomic E-state index is 5.73. The van der Waals surface area contributed by atoms with Gasteiger partial charge in [-0.1, -0.05) is 11.6 Å². The third-order valence-electron chi connectivity index (χ3n) is 3.73. The predicted molar refractivity (Wildman–Crippen MR) is 66.8 cm³/mol. The second kappa shape index (κ2) is 4.88. The number of aromatic nitrogens is 2. The molecule has 2 atom stereocenters. The van der Waals surface area contributed by atoms with Crippen LogP contribution >= 0.6 is 11.6 Å². The van der Waals surface area contributed by atoms with Gasteiger partial charge in [0.2, 0.25) is 0 Å². The average Bonchev–Trinajstić information content (AvgIpc) is 2.74. The van der Waals surface area contributed by atoms with Crippen LogP contribution in [0.3, 0.4) is 0 Å². The van der Waals surface area contributed by atoms with Gasteiger partial charge in [0.15, 0.2) is 0 Å². The molecule has 0 radical (unpaired) electrons. The Hall–Kier alpha value is -0.710. The van der Waals surface area contributed by atoms with Crippen molar-refractivity contribution in [3.05, 3.63) is 23.2 Å². The lowest BCUT2D eigenvalue weighted by Crippen LogP contribution is -2.40. The Morgan fingerprint density at radius 3 is 3.06 bits per heavy atom. The molecule has 2 fully saturated rings. The first kappa shape index (κ1) is 11.4. The normalized spacial score (nSPS) is 29.2. The van der Waals surface area contributed by atoms with Crippen LogP contribution in [0.1, 0.15) is 18.5 Å². The highest BCUT2D eigenvalue weighted by molar-refractivity contribution is 6.29. The molecule has 1 N–H and O–H groups in total. The van der Waals surface area contributed by atoms with E-state index in [0.717, 1.165) is 24.7 Å². The highest BCUT2D eigenvalue weighted by Crippen LogP contribution is 2.25. The summed E-state index contributed by atoms with van der Waals surface area (Å²) in [6.45, 7) is 4.38. The molecule has 0 amide bonds. The fourth-order valence-electron chi connectivity index (χ4n) is 2.91. The van der Waals surface area contributed by atoms with Crippen LogP contribution in [-0.4, -0.2) is 40.5 Å². The van der Waals surface area contributed by atoms with Crippen LogP contribution in [0.25, 0.3) is 0 Å². The molecule has 5 heteroatoms. The Morgan fingerprint density at radius 1 is 1.35 bits per heavy atom. The summed E-state index contributed by atoms with van der Waals surface area (Å²) in [6.07, 6.45) is 6.08.